The van der Waals surface area contributed by atoms with Gasteiger partial charge in [0.25, 0.3) is 0 Å². The molecule has 6 nitrogen and oxygen atoms in total. The highest BCUT2D eigenvalue weighted by atomic mass is 16.5. The predicted octanol–water partition coefficient (Wildman–Crippen LogP) is 1.44. The van der Waals surface area contributed by atoms with Crippen LogP contribution in [-0.4, -0.2) is 42.2 Å². The zero-order valence-corrected chi connectivity index (χ0v) is 12.4. The molecule has 6 heteroatoms. The highest BCUT2D eigenvalue weighted by Gasteiger charge is 2.01. The molecule has 0 spiro atoms. The van der Waals surface area contributed by atoms with Crippen molar-refractivity contribution in [3.05, 3.63) is 30.1 Å². The Bertz CT molecular complexity index is 545. The van der Waals surface area contributed by atoms with Crippen LogP contribution in [0.5, 0.6) is 0 Å². The van der Waals surface area contributed by atoms with Gasteiger partial charge in [-0.05, 0) is 25.5 Å². The van der Waals surface area contributed by atoms with Crippen molar-refractivity contribution in [2.75, 3.05) is 26.3 Å². The van der Waals surface area contributed by atoms with Gasteiger partial charge < -0.3 is 20.8 Å². The van der Waals surface area contributed by atoms with E-state index in [2.05, 4.69) is 20.3 Å². The van der Waals surface area contributed by atoms with Gasteiger partial charge in [0.2, 0.25) is 0 Å². The van der Waals surface area contributed by atoms with Crippen molar-refractivity contribution in [1.82, 2.24) is 15.3 Å². The van der Waals surface area contributed by atoms with Crippen LogP contribution in [0.4, 0.5) is 0 Å². The number of nitrogens with one attached hydrogen (secondary N) is 2. The number of aromatic nitrogens is 2. The second kappa shape index (κ2) is 8.26. The molecule has 2 aromatic rings. The fraction of sp³-hybridized carbons (Fsp3) is 0.467. The van der Waals surface area contributed by atoms with Gasteiger partial charge in [-0.25, -0.2) is 4.98 Å². The number of benzene rings is 1. The molecule has 0 aliphatic rings. The summed E-state index contributed by atoms with van der Waals surface area (Å²) in [5.41, 5.74) is 7.85. The van der Waals surface area contributed by atoms with E-state index in [0.29, 0.717) is 19.0 Å². The molecule has 0 bridgehead atoms. The van der Waals surface area contributed by atoms with Gasteiger partial charge in [-0.1, -0.05) is 12.1 Å². The third-order valence-electron chi connectivity index (χ3n) is 3.04. The van der Waals surface area contributed by atoms with Crippen LogP contribution in [-0.2, 0) is 11.2 Å². The van der Waals surface area contributed by atoms with Crippen LogP contribution in [0.3, 0.4) is 0 Å². The molecule has 114 valence electrons. The molecule has 21 heavy (non-hydrogen) atoms. The molecule has 0 saturated carbocycles. The van der Waals surface area contributed by atoms with Gasteiger partial charge in [0.05, 0.1) is 11.0 Å². The Balaban J connectivity index is 1.69. The average molecular weight is 289 g/mol. The summed E-state index contributed by atoms with van der Waals surface area (Å²) < 4.78 is 5.24. The first-order chi connectivity index (χ1) is 10.3. The molecular formula is C15H23N5O. The second-order valence-electron chi connectivity index (χ2n) is 4.69. The number of para-hydroxylation sites is 2. The summed E-state index contributed by atoms with van der Waals surface area (Å²) in [6.45, 7) is 4.85. The lowest BCUT2D eigenvalue weighted by Gasteiger charge is -2.04. The maximum atomic E-state index is 5.80. The first kappa shape index (κ1) is 15.3. The predicted molar refractivity (Wildman–Crippen MR) is 85.4 cm³/mol. The summed E-state index contributed by atoms with van der Waals surface area (Å²) in [4.78, 5) is 12.0. The first-order valence-electron chi connectivity index (χ1n) is 7.34. The number of hydrogen-bond donors (Lipinski definition) is 3. The molecule has 0 aliphatic carbocycles. The van der Waals surface area contributed by atoms with Crippen LogP contribution in [0.25, 0.3) is 11.0 Å². The van der Waals surface area contributed by atoms with E-state index in [1.165, 1.54) is 0 Å². The number of aliphatic imine (C=N–C) groups is 1. The number of guanidine groups is 1. The van der Waals surface area contributed by atoms with Crippen LogP contribution in [0.15, 0.2) is 29.3 Å². The van der Waals surface area contributed by atoms with Crippen LogP contribution < -0.4 is 11.1 Å². The minimum atomic E-state index is 0.475. The van der Waals surface area contributed by atoms with Crippen molar-refractivity contribution in [1.29, 1.82) is 0 Å². The molecular weight excluding hydrogens is 266 g/mol. The molecule has 1 aromatic heterocycles. The number of nitrogens with two attached hydrogens (primary N) is 1. The maximum Gasteiger partial charge on any atom is 0.188 e. The standard InChI is InChI=1S/C15H23N5O/c1-2-21-11-5-9-17-15(16)18-10-8-14-19-12-6-3-4-7-13(12)20-14/h3-4,6-7H,2,5,8-11H2,1H3,(H,19,20)(H3,16,17,18). The minimum absolute atomic E-state index is 0.475. The third kappa shape index (κ3) is 5.07. The van der Waals surface area contributed by atoms with E-state index in [9.17, 15) is 0 Å². The Morgan fingerprint density at radius 1 is 1.43 bits per heavy atom. The Kier molecular flexibility index (Phi) is 6.02. The molecule has 1 aromatic carbocycles. The van der Waals surface area contributed by atoms with Crippen LogP contribution in [0.1, 0.15) is 19.2 Å². The molecule has 0 fully saturated rings. The Morgan fingerprint density at radius 3 is 3.10 bits per heavy atom. The smallest absolute Gasteiger partial charge is 0.188 e. The van der Waals surface area contributed by atoms with Gasteiger partial charge in [-0.2, -0.15) is 0 Å². The van der Waals surface area contributed by atoms with Crippen molar-refractivity contribution in [3.63, 3.8) is 0 Å². The van der Waals surface area contributed by atoms with Crippen LogP contribution in [0, 0.1) is 0 Å². The fourth-order valence-corrected chi connectivity index (χ4v) is 2.00. The lowest BCUT2D eigenvalue weighted by molar-refractivity contribution is 0.146. The number of aromatic amines is 1. The number of rotatable bonds is 8. The van der Waals surface area contributed by atoms with Crippen molar-refractivity contribution in [2.45, 2.75) is 19.8 Å². The third-order valence-corrected chi connectivity index (χ3v) is 3.04. The topological polar surface area (TPSA) is 88.3 Å². The highest BCUT2D eigenvalue weighted by molar-refractivity contribution is 5.77. The number of fused-ring (bicyclic) bond motifs is 1. The molecule has 0 atom stereocenters. The van der Waals surface area contributed by atoms with Crippen LogP contribution in [0.2, 0.25) is 0 Å². The summed E-state index contributed by atoms with van der Waals surface area (Å²) in [6.07, 6.45) is 1.67. The SMILES string of the molecule is CCOCCCN=C(N)NCCc1nc2ccccc2[nH]1. The van der Waals surface area contributed by atoms with Gasteiger partial charge in [0.1, 0.15) is 5.82 Å². The van der Waals surface area contributed by atoms with Gasteiger partial charge in [0.15, 0.2) is 5.96 Å². The number of nitrogens with zero attached hydrogens (tertiary/aromatic N) is 2. The summed E-state index contributed by atoms with van der Waals surface area (Å²) in [5, 5.41) is 3.09. The van der Waals surface area contributed by atoms with Crippen molar-refractivity contribution >= 4 is 17.0 Å². The lowest BCUT2D eigenvalue weighted by Crippen LogP contribution is -2.33. The Morgan fingerprint density at radius 2 is 2.29 bits per heavy atom. The molecule has 0 saturated heterocycles. The zero-order chi connectivity index (χ0) is 14.9. The summed E-state index contributed by atoms with van der Waals surface area (Å²) in [5.74, 6) is 1.43. The summed E-state index contributed by atoms with van der Waals surface area (Å²) >= 11 is 0. The van der Waals surface area contributed by atoms with E-state index in [1.807, 2.05) is 31.2 Å². The molecule has 0 aliphatic heterocycles. The molecule has 0 amide bonds. The number of H-pyrrole nitrogens is 1. The molecule has 0 radical (unpaired) electrons. The van der Waals surface area contributed by atoms with E-state index in [-0.39, 0.29) is 0 Å². The van der Waals surface area contributed by atoms with Gasteiger partial charge in [0, 0.05) is 32.7 Å². The quantitative estimate of drug-likeness (QED) is 0.390. The largest absolute Gasteiger partial charge is 0.382 e. The maximum absolute atomic E-state index is 5.80. The number of imidazole rings is 1. The molecule has 0 unspecified atom stereocenters. The van der Waals surface area contributed by atoms with Crippen LogP contribution >= 0.6 is 0 Å². The summed E-state index contributed by atoms with van der Waals surface area (Å²) in [6, 6.07) is 8.00. The van der Waals surface area contributed by atoms with E-state index >= 15 is 0 Å². The number of ether oxygens (including phenoxy) is 1. The minimum Gasteiger partial charge on any atom is -0.382 e. The van der Waals surface area contributed by atoms with Crippen molar-refractivity contribution in [2.24, 2.45) is 10.7 Å². The van der Waals surface area contributed by atoms with E-state index in [4.69, 9.17) is 10.5 Å². The second-order valence-corrected chi connectivity index (χ2v) is 4.69. The molecule has 4 N–H and O–H groups in total. The first-order valence-corrected chi connectivity index (χ1v) is 7.34. The lowest BCUT2D eigenvalue weighted by atomic mass is 10.3. The van der Waals surface area contributed by atoms with E-state index < -0.39 is 0 Å². The molecule has 2 rings (SSSR count). The summed E-state index contributed by atoms with van der Waals surface area (Å²) in [7, 11) is 0. The highest BCUT2D eigenvalue weighted by Crippen LogP contribution is 2.10. The number of hydrogen-bond acceptors (Lipinski definition) is 3. The normalized spacial score (nSPS) is 12.0. The zero-order valence-electron chi connectivity index (χ0n) is 12.4. The Labute approximate surface area is 124 Å². The van der Waals surface area contributed by atoms with Gasteiger partial charge in [-0.3, -0.25) is 4.99 Å². The van der Waals surface area contributed by atoms with Gasteiger partial charge >= 0.3 is 0 Å². The average Bonchev–Trinajstić information content (AvgIpc) is 2.89. The Hall–Kier alpha value is -2.08. The molecule has 1 heterocycles. The monoisotopic (exact) mass is 289 g/mol. The van der Waals surface area contributed by atoms with E-state index in [0.717, 1.165) is 42.9 Å². The van der Waals surface area contributed by atoms with E-state index in [1.54, 1.807) is 0 Å². The fourth-order valence-electron chi connectivity index (χ4n) is 2.00. The van der Waals surface area contributed by atoms with Crippen molar-refractivity contribution in [3.8, 4) is 0 Å². The van der Waals surface area contributed by atoms with Crippen molar-refractivity contribution < 1.29 is 4.74 Å². The van der Waals surface area contributed by atoms with Gasteiger partial charge in [-0.15, -0.1) is 0 Å².